The van der Waals surface area contributed by atoms with Gasteiger partial charge in [0.05, 0.1) is 0 Å². The average Bonchev–Trinajstić information content (AvgIpc) is 2.27. The molecule has 1 aliphatic heterocycles. The van der Waals surface area contributed by atoms with Crippen LogP contribution in [0.3, 0.4) is 0 Å². The summed E-state index contributed by atoms with van der Waals surface area (Å²) in [4.78, 5) is 11.8. The molecule has 0 spiro atoms. The van der Waals surface area contributed by atoms with E-state index in [0.717, 1.165) is 15.6 Å². The van der Waals surface area contributed by atoms with Crippen molar-refractivity contribution in [2.75, 3.05) is 6.54 Å². The highest BCUT2D eigenvalue weighted by molar-refractivity contribution is 9.10. The largest absolute Gasteiger partial charge is 0.410 e. The smallest absolute Gasteiger partial charge is 0.301 e. The topological polar surface area (TPSA) is 20.3 Å². The summed E-state index contributed by atoms with van der Waals surface area (Å²) in [5.74, 6) is 0. The Hall–Kier alpha value is -0.880. The first-order valence-corrected chi connectivity index (χ1v) is 6.24. The number of carbonyl (C=O) groups excluding carboxylic acids is 1. The van der Waals surface area contributed by atoms with E-state index in [1.807, 2.05) is 12.1 Å². The fourth-order valence-corrected chi connectivity index (χ4v) is 2.56. The average molecular weight is 322 g/mol. The van der Waals surface area contributed by atoms with Gasteiger partial charge in [-0.15, -0.1) is 0 Å². The van der Waals surface area contributed by atoms with Crippen LogP contribution in [0.1, 0.15) is 11.1 Å². The minimum atomic E-state index is -4.51. The molecule has 18 heavy (non-hydrogen) atoms. The number of alkyl halides is 3. The number of benzene rings is 1. The molecule has 0 saturated heterocycles. The summed E-state index contributed by atoms with van der Waals surface area (Å²) >= 11 is 3.29. The van der Waals surface area contributed by atoms with E-state index in [0.29, 0.717) is 6.42 Å². The summed E-state index contributed by atoms with van der Waals surface area (Å²) in [6, 6.07) is 3.57. The molecule has 1 aliphatic rings. The molecule has 0 aromatic heterocycles. The molecule has 98 valence electrons. The van der Waals surface area contributed by atoms with Crippen molar-refractivity contribution in [3.63, 3.8) is 0 Å². The van der Waals surface area contributed by atoms with Gasteiger partial charge in [-0.3, -0.25) is 4.90 Å². The van der Waals surface area contributed by atoms with Crippen LogP contribution in [0.15, 0.2) is 22.7 Å². The summed E-state index contributed by atoms with van der Waals surface area (Å²) < 4.78 is 38.9. The Balaban J connectivity index is 2.23. The number of rotatable bonds is 2. The fraction of sp³-hybridized carbons (Fsp3) is 0.417. The van der Waals surface area contributed by atoms with Gasteiger partial charge in [-0.2, -0.15) is 13.2 Å². The van der Waals surface area contributed by atoms with Crippen molar-refractivity contribution in [1.82, 2.24) is 4.90 Å². The molecule has 1 atom stereocenters. The third kappa shape index (κ3) is 2.75. The van der Waals surface area contributed by atoms with Crippen LogP contribution in [0.4, 0.5) is 13.2 Å². The Morgan fingerprint density at radius 1 is 1.33 bits per heavy atom. The Morgan fingerprint density at radius 3 is 2.67 bits per heavy atom. The molecule has 0 aliphatic carbocycles. The number of carbonyl (C=O) groups is 1. The van der Waals surface area contributed by atoms with E-state index in [4.69, 9.17) is 0 Å². The van der Waals surface area contributed by atoms with Gasteiger partial charge in [0.15, 0.2) is 6.04 Å². The molecular formula is C12H11BrF3NO. The van der Waals surface area contributed by atoms with E-state index < -0.39 is 12.2 Å². The van der Waals surface area contributed by atoms with Crippen molar-refractivity contribution >= 4 is 22.2 Å². The predicted octanol–water partition coefficient (Wildman–Crippen LogP) is 2.94. The molecule has 6 heteroatoms. The zero-order chi connectivity index (χ0) is 13.3. The van der Waals surface area contributed by atoms with Gasteiger partial charge in [-0.1, -0.05) is 22.0 Å². The highest BCUT2D eigenvalue weighted by Gasteiger charge is 2.44. The summed E-state index contributed by atoms with van der Waals surface area (Å²) in [5.41, 5.74) is 1.88. The van der Waals surface area contributed by atoms with E-state index in [1.165, 1.54) is 4.90 Å². The summed E-state index contributed by atoms with van der Waals surface area (Å²) in [7, 11) is 0. The van der Waals surface area contributed by atoms with Gasteiger partial charge in [0.25, 0.3) is 0 Å². The minimum Gasteiger partial charge on any atom is -0.301 e. The Bertz CT molecular complexity index is 461. The third-order valence-electron chi connectivity index (χ3n) is 3.07. The molecule has 2 nitrogen and oxygen atoms in total. The lowest BCUT2D eigenvalue weighted by atomic mass is 9.98. The minimum absolute atomic E-state index is 0.0248. The molecule has 0 amide bonds. The molecular weight excluding hydrogens is 311 g/mol. The van der Waals surface area contributed by atoms with E-state index in [1.54, 1.807) is 6.07 Å². The van der Waals surface area contributed by atoms with Crippen molar-refractivity contribution < 1.29 is 18.0 Å². The maximum atomic E-state index is 12.7. The standard InChI is InChI=1S/C12H11BrF3NO/c13-10-2-1-8-3-4-17(6-9(8)5-10)11(7-18)12(14,15)16/h1-2,5,7,11H,3-4,6H2. The number of halogens is 4. The lowest BCUT2D eigenvalue weighted by Crippen LogP contribution is -2.48. The molecule has 0 N–H and O–H groups in total. The van der Waals surface area contributed by atoms with E-state index >= 15 is 0 Å². The number of fused-ring (bicyclic) bond motifs is 1. The highest BCUT2D eigenvalue weighted by atomic mass is 79.9. The number of hydrogen-bond donors (Lipinski definition) is 0. The van der Waals surface area contributed by atoms with Crippen LogP contribution in [-0.4, -0.2) is 29.9 Å². The van der Waals surface area contributed by atoms with Crippen molar-refractivity contribution in [2.24, 2.45) is 0 Å². The molecule has 0 fully saturated rings. The summed E-state index contributed by atoms with van der Waals surface area (Å²) in [5, 5.41) is 0. The first kappa shape index (κ1) is 13.5. The van der Waals surface area contributed by atoms with Gasteiger partial charge in [-0.25, -0.2) is 0 Å². The third-order valence-corrected chi connectivity index (χ3v) is 3.56. The number of nitrogens with zero attached hydrogens (tertiary/aromatic N) is 1. The molecule has 0 radical (unpaired) electrons. The van der Waals surface area contributed by atoms with Gasteiger partial charge in [-0.05, 0) is 29.7 Å². The monoisotopic (exact) mass is 321 g/mol. The normalized spacial score (nSPS) is 18.2. The second kappa shape index (κ2) is 5.01. The first-order valence-electron chi connectivity index (χ1n) is 5.45. The van der Waals surface area contributed by atoms with Gasteiger partial charge < -0.3 is 4.79 Å². The second-order valence-electron chi connectivity index (χ2n) is 4.26. The van der Waals surface area contributed by atoms with E-state index in [9.17, 15) is 18.0 Å². The second-order valence-corrected chi connectivity index (χ2v) is 5.17. The van der Waals surface area contributed by atoms with Gasteiger partial charge in [0.2, 0.25) is 0 Å². The van der Waals surface area contributed by atoms with Crippen LogP contribution in [0.25, 0.3) is 0 Å². The van der Waals surface area contributed by atoms with Gasteiger partial charge in [0.1, 0.15) is 6.29 Å². The maximum Gasteiger partial charge on any atom is 0.410 e. The number of aldehydes is 1. The highest BCUT2D eigenvalue weighted by Crippen LogP contribution is 2.29. The molecule has 1 aromatic rings. The Labute approximate surface area is 111 Å². The SMILES string of the molecule is O=CC(N1CCc2ccc(Br)cc2C1)C(F)(F)F. The molecule has 1 heterocycles. The van der Waals surface area contributed by atoms with Crippen LogP contribution < -0.4 is 0 Å². The summed E-state index contributed by atoms with van der Waals surface area (Å²) in [6.45, 7) is 0.398. The van der Waals surface area contributed by atoms with E-state index in [-0.39, 0.29) is 19.4 Å². The quantitative estimate of drug-likeness (QED) is 0.781. The van der Waals surface area contributed by atoms with Gasteiger partial charge in [0, 0.05) is 17.6 Å². The zero-order valence-corrected chi connectivity index (χ0v) is 11.0. The van der Waals surface area contributed by atoms with Gasteiger partial charge >= 0.3 is 6.18 Å². The van der Waals surface area contributed by atoms with Crippen LogP contribution in [0.2, 0.25) is 0 Å². The summed E-state index contributed by atoms with van der Waals surface area (Å²) in [6.07, 6.45) is -4.00. The molecule has 0 saturated carbocycles. The van der Waals surface area contributed by atoms with Crippen LogP contribution in [0, 0.1) is 0 Å². The lowest BCUT2D eigenvalue weighted by molar-refractivity contribution is -0.183. The van der Waals surface area contributed by atoms with Crippen molar-refractivity contribution in [2.45, 2.75) is 25.2 Å². The fourth-order valence-electron chi connectivity index (χ4n) is 2.16. The molecule has 1 unspecified atom stereocenters. The molecule has 2 rings (SSSR count). The Kier molecular flexibility index (Phi) is 3.77. The van der Waals surface area contributed by atoms with Crippen molar-refractivity contribution in [1.29, 1.82) is 0 Å². The van der Waals surface area contributed by atoms with Crippen molar-refractivity contribution in [3.05, 3.63) is 33.8 Å². The lowest BCUT2D eigenvalue weighted by Gasteiger charge is -2.33. The zero-order valence-electron chi connectivity index (χ0n) is 9.38. The van der Waals surface area contributed by atoms with Crippen molar-refractivity contribution in [3.8, 4) is 0 Å². The molecule has 0 bridgehead atoms. The predicted molar refractivity (Wildman–Crippen MR) is 64.2 cm³/mol. The maximum absolute atomic E-state index is 12.7. The van der Waals surface area contributed by atoms with Crippen LogP contribution >= 0.6 is 15.9 Å². The van der Waals surface area contributed by atoms with Crippen LogP contribution in [-0.2, 0) is 17.8 Å². The van der Waals surface area contributed by atoms with Crippen LogP contribution in [0.5, 0.6) is 0 Å². The van der Waals surface area contributed by atoms with E-state index in [2.05, 4.69) is 15.9 Å². The molecule has 1 aromatic carbocycles. The number of hydrogen-bond acceptors (Lipinski definition) is 2. The first-order chi connectivity index (χ1) is 8.41. The Morgan fingerprint density at radius 2 is 2.06 bits per heavy atom.